The summed E-state index contributed by atoms with van der Waals surface area (Å²) >= 11 is 0. The maximum atomic E-state index is 13.8. The largest absolute Gasteiger partial charge is 0.352 e. The quantitative estimate of drug-likeness (QED) is 0.844. The topological polar surface area (TPSA) is 52.7 Å². The molecule has 0 radical (unpaired) electrons. The van der Waals surface area contributed by atoms with Crippen LogP contribution in [-0.4, -0.2) is 59.9 Å². The van der Waals surface area contributed by atoms with Gasteiger partial charge in [-0.2, -0.15) is 0 Å². The second-order valence-corrected chi connectivity index (χ2v) is 8.59. The van der Waals surface area contributed by atoms with Gasteiger partial charge in [-0.1, -0.05) is 25.0 Å². The Labute approximate surface area is 166 Å². The van der Waals surface area contributed by atoms with Crippen LogP contribution in [0.5, 0.6) is 0 Å². The van der Waals surface area contributed by atoms with E-state index in [-0.39, 0.29) is 23.7 Å². The molecule has 1 aromatic rings. The van der Waals surface area contributed by atoms with Gasteiger partial charge in [0.2, 0.25) is 11.8 Å². The van der Waals surface area contributed by atoms with E-state index in [1.807, 2.05) is 17.9 Å². The standard InChI is InChI=1S/C22H30FN3O2/c1-16(20(27)24-19-7-8-19)25-11-13-26(14-12-25)21(28)22(9-2-3-10-22)17-5-4-6-18(23)15-17/h4-6,15-16,19H,2-3,7-14H2,1H3,(H,24,27). The average Bonchev–Trinajstić information content (AvgIpc) is 3.38. The average molecular weight is 387 g/mol. The van der Waals surface area contributed by atoms with E-state index < -0.39 is 5.41 Å². The summed E-state index contributed by atoms with van der Waals surface area (Å²) in [6, 6.07) is 6.77. The van der Waals surface area contributed by atoms with Gasteiger partial charge in [0.1, 0.15) is 5.82 Å². The summed E-state index contributed by atoms with van der Waals surface area (Å²) in [6.45, 7) is 4.59. The predicted octanol–water partition coefficient (Wildman–Crippen LogP) is 2.45. The zero-order chi connectivity index (χ0) is 19.7. The molecule has 1 atom stereocenters. The third kappa shape index (κ3) is 3.79. The van der Waals surface area contributed by atoms with Crippen LogP contribution in [0.1, 0.15) is 51.0 Å². The molecule has 0 bridgehead atoms. The van der Waals surface area contributed by atoms with Crippen molar-refractivity contribution in [1.29, 1.82) is 0 Å². The van der Waals surface area contributed by atoms with E-state index in [2.05, 4.69) is 10.2 Å². The fourth-order valence-electron chi connectivity index (χ4n) is 4.72. The van der Waals surface area contributed by atoms with Crippen molar-refractivity contribution in [2.24, 2.45) is 0 Å². The number of hydrogen-bond acceptors (Lipinski definition) is 3. The van der Waals surface area contributed by atoms with Crippen molar-refractivity contribution in [3.63, 3.8) is 0 Å². The number of rotatable bonds is 5. The Bertz CT molecular complexity index is 735. The molecule has 4 rings (SSSR count). The smallest absolute Gasteiger partial charge is 0.237 e. The molecule has 1 aromatic carbocycles. The monoisotopic (exact) mass is 387 g/mol. The van der Waals surface area contributed by atoms with E-state index >= 15 is 0 Å². The second kappa shape index (κ2) is 7.82. The van der Waals surface area contributed by atoms with Crippen LogP contribution in [-0.2, 0) is 15.0 Å². The SMILES string of the molecule is CC(C(=O)NC1CC1)N1CCN(C(=O)C2(c3cccc(F)c3)CCCC2)CC1. The fourth-order valence-corrected chi connectivity index (χ4v) is 4.72. The Morgan fingerprint density at radius 2 is 1.82 bits per heavy atom. The molecule has 6 heteroatoms. The number of benzene rings is 1. The van der Waals surface area contributed by atoms with Gasteiger partial charge >= 0.3 is 0 Å². The van der Waals surface area contributed by atoms with Crippen LogP contribution in [0.25, 0.3) is 0 Å². The summed E-state index contributed by atoms with van der Waals surface area (Å²) in [6.07, 6.45) is 5.75. The van der Waals surface area contributed by atoms with Gasteiger partial charge in [0, 0.05) is 32.2 Å². The molecule has 2 amide bonds. The van der Waals surface area contributed by atoms with Gasteiger partial charge in [-0.3, -0.25) is 14.5 Å². The minimum Gasteiger partial charge on any atom is -0.352 e. The van der Waals surface area contributed by atoms with Crippen molar-refractivity contribution in [3.05, 3.63) is 35.6 Å². The van der Waals surface area contributed by atoms with E-state index in [9.17, 15) is 14.0 Å². The minimum absolute atomic E-state index is 0.0919. The lowest BCUT2D eigenvalue weighted by atomic mass is 9.77. The number of carbonyl (C=O) groups is 2. The molecular weight excluding hydrogens is 357 g/mol. The maximum Gasteiger partial charge on any atom is 0.237 e. The lowest BCUT2D eigenvalue weighted by Crippen LogP contribution is -2.57. The van der Waals surface area contributed by atoms with Crippen molar-refractivity contribution < 1.29 is 14.0 Å². The number of nitrogens with zero attached hydrogens (tertiary/aromatic N) is 2. The normalized spacial score (nSPS) is 23.4. The highest BCUT2D eigenvalue weighted by Gasteiger charge is 2.45. The number of carbonyl (C=O) groups excluding carboxylic acids is 2. The van der Waals surface area contributed by atoms with Gasteiger partial charge < -0.3 is 10.2 Å². The van der Waals surface area contributed by atoms with Crippen LogP contribution in [0.3, 0.4) is 0 Å². The van der Waals surface area contributed by atoms with Gasteiger partial charge in [-0.15, -0.1) is 0 Å². The molecule has 2 saturated carbocycles. The third-order valence-corrected chi connectivity index (χ3v) is 6.70. The van der Waals surface area contributed by atoms with E-state index in [1.165, 1.54) is 12.1 Å². The first-order chi connectivity index (χ1) is 13.5. The van der Waals surface area contributed by atoms with Crippen molar-refractivity contribution in [1.82, 2.24) is 15.1 Å². The van der Waals surface area contributed by atoms with E-state index in [4.69, 9.17) is 0 Å². The summed E-state index contributed by atoms with van der Waals surface area (Å²) in [5, 5.41) is 3.07. The Balaban J connectivity index is 1.41. The fraction of sp³-hybridized carbons (Fsp3) is 0.636. The molecule has 1 N–H and O–H groups in total. The molecule has 1 saturated heterocycles. The van der Waals surface area contributed by atoms with Gasteiger partial charge in [-0.25, -0.2) is 4.39 Å². The molecule has 0 spiro atoms. The van der Waals surface area contributed by atoms with Gasteiger partial charge in [0.05, 0.1) is 11.5 Å². The van der Waals surface area contributed by atoms with Crippen molar-refractivity contribution >= 4 is 11.8 Å². The first-order valence-electron chi connectivity index (χ1n) is 10.6. The number of amides is 2. The molecule has 3 fully saturated rings. The first kappa shape index (κ1) is 19.4. The highest BCUT2D eigenvalue weighted by Crippen LogP contribution is 2.43. The molecular formula is C22H30FN3O2. The highest BCUT2D eigenvalue weighted by molar-refractivity contribution is 5.89. The van der Waals surface area contributed by atoms with Crippen molar-refractivity contribution in [2.75, 3.05) is 26.2 Å². The second-order valence-electron chi connectivity index (χ2n) is 8.59. The maximum absolute atomic E-state index is 13.8. The number of piperazine rings is 1. The van der Waals surface area contributed by atoms with E-state index in [0.717, 1.165) is 44.1 Å². The highest BCUT2D eigenvalue weighted by atomic mass is 19.1. The Hall–Kier alpha value is -1.95. The lowest BCUT2D eigenvalue weighted by molar-refractivity contribution is -0.140. The van der Waals surface area contributed by atoms with E-state index in [0.29, 0.717) is 32.2 Å². The molecule has 28 heavy (non-hydrogen) atoms. The number of nitrogens with one attached hydrogen (secondary N) is 1. The number of hydrogen-bond donors (Lipinski definition) is 1. The molecule has 0 aromatic heterocycles. The molecule has 5 nitrogen and oxygen atoms in total. The zero-order valence-electron chi connectivity index (χ0n) is 16.6. The number of halogens is 1. The predicted molar refractivity (Wildman–Crippen MR) is 105 cm³/mol. The Kier molecular flexibility index (Phi) is 5.41. The van der Waals surface area contributed by atoms with Gasteiger partial charge in [0.25, 0.3) is 0 Å². The van der Waals surface area contributed by atoms with Gasteiger partial charge in [0.15, 0.2) is 0 Å². The van der Waals surface area contributed by atoms with Crippen LogP contribution < -0.4 is 5.32 Å². The first-order valence-corrected chi connectivity index (χ1v) is 10.6. The third-order valence-electron chi connectivity index (χ3n) is 6.70. The van der Waals surface area contributed by atoms with Crippen LogP contribution >= 0.6 is 0 Å². The lowest BCUT2D eigenvalue weighted by Gasteiger charge is -2.41. The summed E-state index contributed by atoms with van der Waals surface area (Å²) in [5.41, 5.74) is 0.230. The Morgan fingerprint density at radius 3 is 2.43 bits per heavy atom. The molecule has 1 heterocycles. The summed E-state index contributed by atoms with van der Waals surface area (Å²) in [7, 11) is 0. The summed E-state index contributed by atoms with van der Waals surface area (Å²) in [4.78, 5) is 29.9. The summed E-state index contributed by atoms with van der Waals surface area (Å²) < 4.78 is 13.8. The van der Waals surface area contributed by atoms with E-state index in [1.54, 1.807) is 6.07 Å². The van der Waals surface area contributed by atoms with Crippen LogP contribution in [0.2, 0.25) is 0 Å². The molecule has 3 aliphatic rings. The molecule has 1 aliphatic heterocycles. The molecule has 1 unspecified atom stereocenters. The van der Waals surface area contributed by atoms with Gasteiger partial charge in [-0.05, 0) is 50.3 Å². The van der Waals surface area contributed by atoms with Crippen molar-refractivity contribution in [2.45, 2.75) is 62.9 Å². The zero-order valence-corrected chi connectivity index (χ0v) is 16.6. The van der Waals surface area contributed by atoms with Crippen LogP contribution in [0.15, 0.2) is 24.3 Å². The molecule has 2 aliphatic carbocycles. The Morgan fingerprint density at radius 1 is 1.14 bits per heavy atom. The summed E-state index contributed by atoms with van der Waals surface area (Å²) in [5.74, 6) is -0.0588. The minimum atomic E-state index is -0.584. The molecule has 152 valence electrons. The van der Waals surface area contributed by atoms with Crippen molar-refractivity contribution in [3.8, 4) is 0 Å². The van der Waals surface area contributed by atoms with Crippen LogP contribution in [0.4, 0.5) is 4.39 Å². The van der Waals surface area contributed by atoms with Crippen LogP contribution in [0, 0.1) is 5.82 Å².